The highest BCUT2D eigenvalue weighted by molar-refractivity contribution is 6.02. The monoisotopic (exact) mass is 500 g/mol. The third kappa shape index (κ3) is 11.0. The van der Waals surface area contributed by atoms with Crippen molar-refractivity contribution in [3.63, 3.8) is 0 Å². The van der Waals surface area contributed by atoms with Crippen LogP contribution in [-0.4, -0.2) is 84.7 Å². The summed E-state index contributed by atoms with van der Waals surface area (Å²) in [5.74, 6) is -3.92. The lowest BCUT2D eigenvalue weighted by Crippen LogP contribution is -2.32. The van der Waals surface area contributed by atoms with Crippen LogP contribution in [0.5, 0.6) is 0 Å². The van der Waals surface area contributed by atoms with E-state index < -0.39 is 35.6 Å². The topological polar surface area (TPSA) is 180 Å². The number of Topliss-reactive ketones (excluding diaryl/α,β-unsaturated/α-hetero) is 2. The van der Waals surface area contributed by atoms with Crippen LogP contribution in [0.2, 0.25) is 0 Å². The zero-order valence-electron chi connectivity index (χ0n) is 19.6. The molecule has 0 aromatic rings. The van der Waals surface area contributed by atoms with E-state index >= 15 is 0 Å². The summed E-state index contributed by atoms with van der Waals surface area (Å²) >= 11 is 0. The summed E-state index contributed by atoms with van der Waals surface area (Å²) in [7, 11) is 2.79. The van der Waals surface area contributed by atoms with E-state index in [4.69, 9.17) is 0 Å². The molecule has 2 aliphatic heterocycles. The number of ether oxygens (including phenoxy) is 2. The summed E-state index contributed by atoms with van der Waals surface area (Å²) in [5.41, 5.74) is 0. The standard InChI is InChI=1S/C11H15NO6.C10H13NO6/c1-17-7-8(13)3-2-4-11(16)18-12-9(14)5-6-10(12)15;1-16-6-7(12)2-5-10(15)17-11-8(13)3-4-9(11)14/h2-7H2,1H3;2-6H2,1H3. The molecule has 0 aromatic heterocycles. The minimum atomic E-state index is -0.780. The summed E-state index contributed by atoms with van der Waals surface area (Å²) in [5, 5.41) is 0.961. The second-order valence-electron chi connectivity index (χ2n) is 7.39. The summed E-state index contributed by atoms with van der Waals surface area (Å²) in [6.45, 7) is -0.0625. The second-order valence-corrected chi connectivity index (χ2v) is 7.39. The second kappa shape index (κ2) is 15.4. The van der Waals surface area contributed by atoms with Gasteiger partial charge in [0.1, 0.15) is 13.2 Å². The van der Waals surface area contributed by atoms with Crippen LogP contribution >= 0.6 is 0 Å². The van der Waals surface area contributed by atoms with Crippen LogP contribution in [0.1, 0.15) is 57.8 Å². The first-order valence-electron chi connectivity index (χ1n) is 10.7. The van der Waals surface area contributed by atoms with Gasteiger partial charge in [0.25, 0.3) is 23.6 Å². The first-order chi connectivity index (χ1) is 16.6. The molecule has 0 N–H and O–H groups in total. The van der Waals surface area contributed by atoms with Crippen molar-refractivity contribution in [3.05, 3.63) is 0 Å². The Labute approximate surface area is 200 Å². The van der Waals surface area contributed by atoms with Gasteiger partial charge >= 0.3 is 11.9 Å². The highest BCUT2D eigenvalue weighted by Gasteiger charge is 2.33. The molecule has 2 aliphatic rings. The molecular formula is C21H28N2O12. The number of amides is 4. The zero-order valence-corrected chi connectivity index (χ0v) is 19.6. The Morgan fingerprint density at radius 2 is 0.971 bits per heavy atom. The van der Waals surface area contributed by atoms with Gasteiger partial charge in [-0.05, 0) is 6.42 Å². The van der Waals surface area contributed by atoms with Gasteiger partial charge in [0.15, 0.2) is 11.6 Å². The van der Waals surface area contributed by atoms with Gasteiger partial charge in [-0.1, -0.05) is 0 Å². The molecule has 2 heterocycles. The molecule has 2 saturated heterocycles. The van der Waals surface area contributed by atoms with E-state index in [0.29, 0.717) is 16.5 Å². The van der Waals surface area contributed by atoms with Crippen molar-refractivity contribution < 1.29 is 57.5 Å². The van der Waals surface area contributed by atoms with E-state index in [0.717, 1.165) is 0 Å². The first-order valence-corrected chi connectivity index (χ1v) is 10.7. The van der Waals surface area contributed by atoms with Crippen LogP contribution < -0.4 is 0 Å². The number of hydrogen-bond acceptors (Lipinski definition) is 12. The third-order valence-electron chi connectivity index (χ3n) is 4.45. The van der Waals surface area contributed by atoms with Crippen molar-refractivity contribution in [2.75, 3.05) is 27.4 Å². The Hall–Kier alpha value is -3.52. The van der Waals surface area contributed by atoms with E-state index in [9.17, 15) is 38.4 Å². The molecule has 194 valence electrons. The molecule has 0 aromatic carbocycles. The largest absolute Gasteiger partial charge is 0.377 e. The molecule has 35 heavy (non-hydrogen) atoms. The van der Waals surface area contributed by atoms with Crippen LogP contribution in [0.3, 0.4) is 0 Å². The van der Waals surface area contributed by atoms with Gasteiger partial charge in [0, 0.05) is 59.2 Å². The van der Waals surface area contributed by atoms with Gasteiger partial charge in [0.05, 0.1) is 6.42 Å². The van der Waals surface area contributed by atoms with Crippen molar-refractivity contribution in [3.8, 4) is 0 Å². The van der Waals surface area contributed by atoms with E-state index in [1.165, 1.54) is 14.2 Å². The number of imide groups is 2. The molecular weight excluding hydrogens is 472 g/mol. The van der Waals surface area contributed by atoms with Crippen LogP contribution in [-0.2, 0) is 57.5 Å². The SMILES string of the molecule is COCC(=O)CCC(=O)ON1C(=O)CCC1=O.COCC(=O)CCCC(=O)ON1C(=O)CCC1=O. The van der Waals surface area contributed by atoms with Crippen molar-refractivity contribution in [1.82, 2.24) is 10.1 Å². The maximum Gasteiger partial charge on any atom is 0.333 e. The number of methoxy groups -OCH3 is 2. The summed E-state index contributed by atoms with van der Waals surface area (Å²) in [4.78, 5) is 98.4. The fourth-order valence-corrected chi connectivity index (χ4v) is 2.75. The Kier molecular flexibility index (Phi) is 13.0. The highest BCUT2D eigenvalue weighted by Crippen LogP contribution is 2.14. The summed E-state index contributed by atoms with van der Waals surface area (Å²) < 4.78 is 9.22. The van der Waals surface area contributed by atoms with E-state index in [-0.39, 0.29) is 76.1 Å². The predicted molar refractivity (Wildman–Crippen MR) is 111 cm³/mol. The first kappa shape index (κ1) is 29.5. The van der Waals surface area contributed by atoms with Crippen LogP contribution in [0.15, 0.2) is 0 Å². The van der Waals surface area contributed by atoms with Crippen LogP contribution in [0, 0.1) is 0 Å². The van der Waals surface area contributed by atoms with Crippen molar-refractivity contribution >= 4 is 47.1 Å². The number of rotatable bonds is 13. The Morgan fingerprint density at radius 3 is 1.37 bits per heavy atom. The molecule has 0 atom stereocenters. The fourth-order valence-electron chi connectivity index (χ4n) is 2.75. The lowest BCUT2D eigenvalue weighted by atomic mass is 10.2. The van der Waals surface area contributed by atoms with E-state index in [1.807, 2.05) is 0 Å². The quantitative estimate of drug-likeness (QED) is 0.298. The maximum absolute atomic E-state index is 11.3. The summed E-state index contributed by atoms with van der Waals surface area (Å²) in [6, 6.07) is 0. The molecule has 14 heteroatoms. The third-order valence-corrected chi connectivity index (χ3v) is 4.45. The summed E-state index contributed by atoms with van der Waals surface area (Å²) in [6.07, 6.45) is 0.497. The molecule has 0 bridgehead atoms. The molecule has 0 radical (unpaired) electrons. The lowest BCUT2D eigenvalue weighted by Gasteiger charge is -2.12. The van der Waals surface area contributed by atoms with Crippen LogP contribution in [0.4, 0.5) is 0 Å². The number of nitrogens with zero attached hydrogens (tertiary/aromatic N) is 2. The minimum absolute atomic E-state index is 0.0120. The predicted octanol–water partition coefficient (Wildman–Crippen LogP) is -0.431. The molecule has 14 nitrogen and oxygen atoms in total. The normalized spacial score (nSPS) is 15.1. The van der Waals surface area contributed by atoms with Gasteiger partial charge in [-0.2, -0.15) is 0 Å². The van der Waals surface area contributed by atoms with Crippen molar-refractivity contribution in [2.45, 2.75) is 57.8 Å². The molecule has 0 aliphatic carbocycles. The van der Waals surface area contributed by atoms with Gasteiger partial charge in [-0.25, -0.2) is 9.59 Å². The Balaban J connectivity index is 0.000000351. The number of hydroxylamine groups is 4. The van der Waals surface area contributed by atoms with Gasteiger partial charge in [0.2, 0.25) is 0 Å². The smallest absolute Gasteiger partial charge is 0.333 e. The molecule has 0 unspecified atom stereocenters. The van der Waals surface area contributed by atoms with Crippen molar-refractivity contribution in [2.24, 2.45) is 0 Å². The lowest BCUT2D eigenvalue weighted by molar-refractivity contribution is -0.197. The number of carbonyl (C=O) groups is 8. The molecule has 2 rings (SSSR count). The number of hydrogen-bond donors (Lipinski definition) is 0. The van der Waals surface area contributed by atoms with Gasteiger partial charge in [-0.3, -0.25) is 28.8 Å². The van der Waals surface area contributed by atoms with Gasteiger partial charge in [-0.15, -0.1) is 10.1 Å². The Bertz CT molecular complexity index is 821. The average Bonchev–Trinajstić information content (AvgIpc) is 3.29. The number of carbonyl (C=O) groups excluding carboxylic acids is 8. The molecule has 0 spiro atoms. The maximum atomic E-state index is 11.3. The van der Waals surface area contributed by atoms with Gasteiger partial charge < -0.3 is 19.1 Å². The number of ketones is 2. The van der Waals surface area contributed by atoms with E-state index in [2.05, 4.69) is 19.1 Å². The fraction of sp³-hybridized carbons (Fsp3) is 0.619. The molecule has 0 saturated carbocycles. The molecule has 2 fully saturated rings. The van der Waals surface area contributed by atoms with Crippen LogP contribution in [0.25, 0.3) is 0 Å². The minimum Gasteiger partial charge on any atom is -0.377 e. The molecule has 4 amide bonds. The van der Waals surface area contributed by atoms with Crippen molar-refractivity contribution in [1.29, 1.82) is 0 Å². The van der Waals surface area contributed by atoms with E-state index in [1.54, 1.807) is 0 Å². The highest BCUT2D eigenvalue weighted by atomic mass is 16.7. The average molecular weight is 500 g/mol. The zero-order chi connectivity index (χ0) is 26.4. The Morgan fingerprint density at radius 1 is 0.600 bits per heavy atom.